The van der Waals surface area contributed by atoms with Crippen molar-refractivity contribution in [3.05, 3.63) is 158 Å². The van der Waals surface area contributed by atoms with Gasteiger partial charge in [0.15, 0.2) is 0 Å². The Bertz CT molecular complexity index is 2120. The van der Waals surface area contributed by atoms with Crippen LogP contribution in [0.25, 0.3) is 77.9 Å². The molecule has 0 saturated heterocycles. The summed E-state index contributed by atoms with van der Waals surface area (Å²) in [5.74, 6) is 0. The van der Waals surface area contributed by atoms with Crippen molar-refractivity contribution in [2.45, 2.75) is 0 Å². The Balaban J connectivity index is 1.55. The van der Waals surface area contributed by atoms with Gasteiger partial charge in [0, 0.05) is 44.4 Å². The first-order chi connectivity index (χ1) is 20.9. The number of fused-ring (bicyclic) bond motifs is 12. The van der Waals surface area contributed by atoms with Crippen LogP contribution in [0.5, 0.6) is 0 Å². The maximum atomic E-state index is 2.46. The SMILES string of the molecule is c1ccc(-n2c3c(c4ccccc42)-c2ccccc2-c2c(c4ccccc4n2-c2ccccc2)-c2ccccc2-3)cc1. The normalized spacial score (nSPS) is 11.8. The van der Waals surface area contributed by atoms with Crippen LogP contribution in [0.2, 0.25) is 0 Å². The zero-order valence-electron chi connectivity index (χ0n) is 22.9. The van der Waals surface area contributed by atoms with Crippen LogP contribution in [0.3, 0.4) is 0 Å². The Morgan fingerprint density at radius 1 is 0.286 bits per heavy atom. The molecule has 0 atom stereocenters. The van der Waals surface area contributed by atoms with Crippen molar-refractivity contribution < 1.29 is 0 Å². The molecule has 8 aromatic rings. The smallest absolute Gasteiger partial charge is 0.0625 e. The summed E-state index contributed by atoms with van der Waals surface area (Å²) in [6, 6.07) is 57.2. The average Bonchev–Trinajstić information content (AvgIpc) is 3.58. The third-order valence-electron chi connectivity index (χ3n) is 8.68. The second kappa shape index (κ2) is 8.95. The molecule has 196 valence electrons. The number of nitrogens with zero attached hydrogens (tertiary/aromatic N) is 2. The molecule has 1 aliphatic carbocycles. The van der Waals surface area contributed by atoms with Crippen LogP contribution in [0.4, 0.5) is 0 Å². The molecule has 0 amide bonds. The van der Waals surface area contributed by atoms with Gasteiger partial charge in [0.25, 0.3) is 0 Å². The first kappa shape index (κ1) is 23.1. The number of benzene rings is 6. The first-order valence-electron chi connectivity index (χ1n) is 14.5. The summed E-state index contributed by atoms with van der Waals surface area (Å²) in [7, 11) is 0. The molecular weight excluding hydrogens is 508 g/mol. The zero-order chi connectivity index (χ0) is 27.6. The molecule has 0 unspecified atom stereocenters. The minimum atomic E-state index is 1.16. The highest BCUT2D eigenvalue weighted by molar-refractivity contribution is 6.17. The molecule has 0 spiro atoms. The predicted molar refractivity (Wildman–Crippen MR) is 175 cm³/mol. The Labute approximate surface area is 244 Å². The van der Waals surface area contributed by atoms with Crippen LogP contribution in [-0.2, 0) is 0 Å². The maximum absolute atomic E-state index is 2.46. The van der Waals surface area contributed by atoms with Crippen molar-refractivity contribution in [2.24, 2.45) is 0 Å². The highest BCUT2D eigenvalue weighted by Crippen LogP contribution is 2.54. The van der Waals surface area contributed by atoms with E-state index in [4.69, 9.17) is 0 Å². The second-order valence-corrected chi connectivity index (χ2v) is 10.9. The third-order valence-corrected chi connectivity index (χ3v) is 8.68. The molecule has 1 aliphatic rings. The van der Waals surface area contributed by atoms with E-state index in [1.165, 1.54) is 66.6 Å². The fraction of sp³-hybridized carbons (Fsp3) is 0. The summed E-state index contributed by atoms with van der Waals surface area (Å²) in [6.45, 7) is 0. The Hall–Kier alpha value is -5.60. The zero-order valence-corrected chi connectivity index (χ0v) is 22.9. The number of hydrogen-bond acceptors (Lipinski definition) is 0. The average molecular weight is 535 g/mol. The Morgan fingerprint density at radius 3 is 1.05 bits per heavy atom. The molecule has 42 heavy (non-hydrogen) atoms. The number of para-hydroxylation sites is 4. The van der Waals surface area contributed by atoms with E-state index in [1.54, 1.807) is 0 Å². The lowest BCUT2D eigenvalue weighted by molar-refractivity contribution is 1.13. The van der Waals surface area contributed by atoms with E-state index in [0.717, 1.165) is 11.4 Å². The fourth-order valence-corrected chi connectivity index (χ4v) is 7.04. The Kier molecular flexibility index (Phi) is 4.93. The summed E-state index contributed by atoms with van der Waals surface area (Å²) in [6.07, 6.45) is 0. The molecule has 0 N–H and O–H groups in total. The molecular formula is C40H26N2. The largest absolute Gasteiger partial charge is 0.309 e. The van der Waals surface area contributed by atoms with Crippen LogP contribution in [0, 0.1) is 0 Å². The quantitative estimate of drug-likeness (QED) is 0.209. The molecule has 6 aromatic carbocycles. The van der Waals surface area contributed by atoms with Gasteiger partial charge in [-0.05, 0) is 47.5 Å². The number of rotatable bonds is 2. The lowest BCUT2D eigenvalue weighted by Gasteiger charge is -2.23. The Morgan fingerprint density at radius 2 is 0.619 bits per heavy atom. The molecule has 2 heterocycles. The summed E-state index contributed by atoms with van der Waals surface area (Å²) >= 11 is 0. The van der Waals surface area contributed by atoms with Gasteiger partial charge in [-0.1, -0.05) is 121 Å². The van der Waals surface area contributed by atoms with Gasteiger partial charge in [0.1, 0.15) is 0 Å². The van der Waals surface area contributed by atoms with Gasteiger partial charge >= 0.3 is 0 Å². The van der Waals surface area contributed by atoms with Crippen molar-refractivity contribution >= 4 is 21.8 Å². The summed E-state index contributed by atoms with van der Waals surface area (Å²) in [5, 5.41) is 2.51. The van der Waals surface area contributed by atoms with Crippen molar-refractivity contribution in [3.63, 3.8) is 0 Å². The van der Waals surface area contributed by atoms with E-state index < -0.39 is 0 Å². The number of hydrogen-bond donors (Lipinski definition) is 0. The van der Waals surface area contributed by atoms with E-state index in [2.05, 4.69) is 167 Å². The van der Waals surface area contributed by atoms with Crippen molar-refractivity contribution in [2.75, 3.05) is 0 Å². The highest BCUT2D eigenvalue weighted by atomic mass is 15.0. The second-order valence-electron chi connectivity index (χ2n) is 10.9. The van der Waals surface area contributed by atoms with Crippen LogP contribution >= 0.6 is 0 Å². The van der Waals surface area contributed by atoms with Gasteiger partial charge in [-0.2, -0.15) is 0 Å². The third kappa shape index (κ3) is 3.15. The van der Waals surface area contributed by atoms with E-state index >= 15 is 0 Å². The van der Waals surface area contributed by atoms with Crippen molar-refractivity contribution in [1.82, 2.24) is 9.13 Å². The molecule has 2 aromatic heterocycles. The topological polar surface area (TPSA) is 9.86 Å². The lowest BCUT2D eigenvalue weighted by atomic mass is 9.84. The van der Waals surface area contributed by atoms with Crippen molar-refractivity contribution in [1.29, 1.82) is 0 Å². The minimum Gasteiger partial charge on any atom is -0.309 e. The van der Waals surface area contributed by atoms with E-state index in [1.807, 2.05) is 0 Å². The monoisotopic (exact) mass is 534 g/mol. The summed E-state index contributed by atoms with van der Waals surface area (Å²) in [4.78, 5) is 0. The van der Waals surface area contributed by atoms with Gasteiger partial charge in [-0.25, -0.2) is 0 Å². The van der Waals surface area contributed by atoms with Crippen molar-refractivity contribution in [3.8, 4) is 56.1 Å². The standard InChI is InChI=1S/C40H26N2/c1-3-15-27(16-4-1)41-35-25-13-11-23-33(35)37-30-20-8-10-22-32(30)40-38(29-19-7-9-21-31(29)39(37)41)34-24-12-14-26-36(34)42(40)28-17-5-2-6-18-28/h1-26H. The van der Waals surface area contributed by atoms with E-state index in [9.17, 15) is 0 Å². The predicted octanol–water partition coefficient (Wildman–Crippen LogP) is 10.6. The lowest BCUT2D eigenvalue weighted by Crippen LogP contribution is -2.03. The van der Waals surface area contributed by atoms with Crippen LogP contribution < -0.4 is 0 Å². The van der Waals surface area contributed by atoms with Gasteiger partial charge in [-0.3, -0.25) is 0 Å². The molecule has 0 aliphatic heterocycles. The molecule has 9 rings (SSSR count). The summed E-state index contributed by atoms with van der Waals surface area (Å²) in [5.41, 5.74) is 14.7. The molecule has 0 bridgehead atoms. The highest BCUT2D eigenvalue weighted by Gasteiger charge is 2.31. The van der Waals surface area contributed by atoms with E-state index in [-0.39, 0.29) is 0 Å². The molecule has 2 heteroatoms. The summed E-state index contributed by atoms with van der Waals surface area (Å²) < 4.78 is 4.92. The molecule has 0 radical (unpaired) electrons. The fourth-order valence-electron chi connectivity index (χ4n) is 7.04. The first-order valence-corrected chi connectivity index (χ1v) is 14.5. The van der Waals surface area contributed by atoms with Gasteiger partial charge in [0.05, 0.1) is 22.4 Å². The maximum Gasteiger partial charge on any atom is 0.0625 e. The van der Waals surface area contributed by atoms with Crippen LogP contribution in [0.15, 0.2) is 158 Å². The van der Waals surface area contributed by atoms with Gasteiger partial charge < -0.3 is 9.13 Å². The van der Waals surface area contributed by atoms with Crippen LogP contribution in [0.1, 0.15) is 0 Å². The molecule has 0 fully saturated rings. The van der Waals surface area contributed by atoms with Crippen LogP contribution in [-0.4, -0.2) is 9.13 Å². The minimum absolute atomic E-state index is 1.16. The van der Waals surface area contributed by atoms with Gasteiger partial charge in [-0.15, -0.1) is 0 Å². The molecule has 2 nitrogen and oxygen atoms in total. The molecule has 0 saturated carbocycles. The van der Waals surface area contributed by atoms with E-state index in [0.29, 0.717) is 0 Å². The van der Waals surface area contributed by atoms with Gasteiger partial charge in [0.2, 0.25) is 0 Å². The number of aromatic nitrogens is 2.